The van der Waals surface area contributed by atoms with E-state index in [0.29, 0.717) is 12.5 Å². The number of aryl methyl sites for hydroxylation is 1. The fourth-order valence-corrected chi connectivity index (χ4v) is 2.74. The smallest absolute Gasteiger partial charge is 0.191 e. The molecular formula is C12H20N4S. The van der Waals surface area contributed by atoms with Crippen LogP contribution in [0.1, 0.15) is 36.1 Å². The van der Waals surface area contributed by atoms with Crippen molar-refractivity contribution in [2.24, 2.45) is 10.7 Å². The van der Waals surface area contributed by atoms with Crippen molar-refractivity contribution < 1.29 is 0 Å². The van der Waals surface area contributed by atoms with E-state index in [1.54, 1.807) is 11.3 Å². The summed E-state index contributed by atoms with van der Waals surface area (Å²) in [5.74, 6) is 0.679. The van der Waals surface area contributed by atoms with Crippen molar-refractivity contribution in [3.05, 3.63) is 16.1 Å². The zero-order valence-corrected chi connectivity index (χ0v) is 11.2. The van der Waals surface area contributed by atoms with Crippen LogP contribution >= 0.6 is 11.3 Å². The van der Waals surface area contributed by atoms with E-state index in [1.165, 1.54) is 24.1 Å². The lowest BCUT2D eigenvalue weighted by atomic mass is 10.1. The monoisotopic (exact) mass is 252 g/mol. The average molecular weight is 252 g/mol. The fourth-order valence-electron chi connectivity index (χ4n) is 1.96. The first-order valence-electron chi connectivity index (χ1n) is 6.28. The van der Waals surface area contributed by atoms with Gasteiger partial charge in [-0.15, -0.1) is 11.3 Å². The minimum Gasteiger partial charge on any atom is -0.370 e. The van der Waals surface area contributed by atoms with E-state index in [-0.39, 0.29) is 0 Å². The molecule has 1 aliphatic heterocycles. The van der Waals surface area contributed by atoms with Crippen molar-refractivity contribution in [1.29, 1.82) is 0 Å². The van der Waals surface area contributed by atoms with E-state index in [1.807, 2.05) is 6.20 Å². The molecule has 94 valence electrons. The Bertz CT molecular complexity index is 380. The van der Waals surface area contributed by atoms with E-state index in [4.69, 9.17) is 5.73 Å². The SMILES string of the molecule is CCc1cnc(CN=C(N)N2CCCCC2)s1. The molecule has 0 bridgehead atoms. The lowest BCUT2D eigenvalue weighted by Crippen LogP contribution is -2.40. The van der Waals surface area contributed by atoms with E-state index in [2.05, 4.69) is 21.8 Å². The number of piperidine rings is 1. The summed E-state index contributed by atoms with van der Waals surface area (Å²) in [6.45, 7) is 4.86. The van der Waals surface area contributed by atoms with Crippen molar-refractivity contribution >= 4 is 17.3 Å². The first-order valence-corrected chi connectivity index (χ1v) is 7.09. The van der Waals surface area contributed by atoms with Gasteiger partial charge in [-0.2, -0.15) is 0 Å². The summed E-state index contributed by atoms with van der Waals surface area (Å²) >= 11 is 1.73. The van der Waals surface area contributed by atoms with Crippen molar-refractivity contribution in [1.82, 2.24) is 9.88 Å². The maximum absolute atomic E-state index is 5.99. The Balaban J connectivity index is 1.90. The molecule has 17 heavy (non-hydrogen) atoms. The maximum atomic E-state index is 5.99. The second kappa shape index (κ2) is 6.00. The number of rotatable bonds is 3. The minimum atomic E-state index is 0.618. The molecule has 0 amide bonds. The molecule has 4 nitrogen and oxygen atoms in total. The molecule has 1 aromatic heterocycles. The molecule has 0 radical (unpaired) electrons. The van der Waals surface area contributed by atoms with Gasteiger partial charge in [-0.05, 0) is 25.7 Å². The first kappa shape index (κ1) is 12.4. The quantitative estimate of drug-likeness (QED) is 0.661. The highest BCUT2D eigenvalue weighted by Gasteiger charge is 2.11. The summed E-state index contributed by atoms with van der Waals surface area (Å²) < 4.78 is 0. The number of nitrogens with two attached hydrogens (primary N) is 1. The van der Waals surface area contributed by atoms with Crippen molar-refractivity contribution in [2.75, 3.05) is 13.1 Å². The fraction of sp³-hybridized carbons (Fsp3) is 0.667. The van der Waals surface area contributed by atoms with Gasteiger partial charge in [-0.25, -0.2) is 9.98 Å². The third kappa shape index (κ3) is 3.43. The van der Waals surface area contributed by atoms with E-state index >= 15 is 0 Å². The molecule has 5 heteroatoms. The number of hydrogen-bond acceptors (Lipinski definition) is 3. The van der Waals surface area contributed by atoms with Gasteiger partial charge in [0.15, 0.2) is 5.96 Å². The van der Waals surface area contributed by atoms with Gasteiger partial charge < -0.3 is 10.6 Å². The summed E-state index contributed by atoms with van der Waals surface area (Å²) in [5, 5.41) is 1.06. The van der Waals surface area contributed by atoms with Crippen LogP contribution in [0, 0.1) is 0 Å². The zero-order valence-electron chi connectivity index (χ0n) is 10.4. The second-order valence-electron chi connectivity index (χ2n) is 4.30. The number of aromatic nitrogens is 1. The van der Waals surface area contributed by atoms with Gasteiger partial charge in [0.1, 0.15) is 5.01 Å². The molecule has 2 N–H and O–H groups in total. The minimum absolute atomic E-state index is 0.618. The molecule has 0 atom stereocenters. The third-order valence-corrected chi connectivity index (χ3v) is 4.13. The van der Waals surface area contributed by atoms with Crippen LogP contribution in [0.2, 0.25) is 0 Å². The van der Waals surface area contributed by atoms with Crippen molar-refractivity contribution in [3.63, 3.8) is 0 Å². The van der Waals surface area contributed by atoms with Gasteiger partial charge in [0.2, 0.25) is 0 Å². The summed E-state index contributed by atoms with van der Waals surface area (Å²) in [6.07, 6.45) is 6.76. The summed E-state index contributed by atoms with van der Waals surface area (Å²) in [5.41, 5.74) is 5.99. The predicted octanol–water partition coefficient (Wildman–Crippen LogP) is 2.01. The average Bonchev–Trinajstić information content (AvgIpc) is 2.85. The molecule has 0 aromatic carbocycles. The molecule has 1 fully saturated rings. The molecule has 0 unspecified atom stereocenters. The van der Waals surface area contributed by atoms with Gasteiger partial charge in [0.05, 0.1) is 6.54 Å². The van der Waals surface area contributed by atoms with Crippen LogP contribution in [0.3, 0.4) is 0 Å². The highest BCUT2D eigenvalue weighted by molar-refractivity contribution is 7.11. The second-order valence-corrected chi connectivity index (χ2v) is 5.50. The Morgan fingerprint density at radius 3 is 2.88 bits per heavy atom. The highest BCUT2D eigenvalue weighted by Crippen LogP contribution is 2.14. The van der Waals surface area contributed by atoms with Gasteiger partial charge in [0, 0.05) is 24.2 Å². The topological polar surface area (TPSA) is 54.5 Å². The Hall–Kier alpha value is -1.10. The van der Waals surface area contributed by atoms with Gasteiger partial charge in [0.25, 0.3) is 0 Å². The standard InChI is InChI=1S/C12H20N4S/c1-2-10-8-14-11(17-10)9-15-12(13)16-6-4-3-5-7-16/h8H,2-7,9H2,1H3,(H2,13,15). The third-order valence-electron chi connectivity index (χ3n) is 3.01. The normalized spacial score (nSPS) is 17.5. The number of thiazole rings is 1. The van der Waals surface area contributed by atoms with Crippen LogP contribution < -0.4 is 5.73 Å². The van der Waals surface area contributed by atoms with Gasteiger partial charge in [-0.1, -0.05) is 6.92 Å². The maximum Gasteiger partial charge on any atom is 0.191 e. The van der Waals surface area contributed by atoms with Crippen molar-refractivity contribution in [3.8, 4) is 0 Å². The summed E-state index contributed by atoms with van der Waals surface area (Å²) in [7, 11) is 0. The van der Waals surface area contributed by atoms with Crippen LogP contribution in [0.4, 0.5) is 0 Å². The molecule has 0 saturated carbocycles. The van der Waals surface area contributed by atoms with Crippen LogP contribution in [0.15, 0.2) is 11.2 Å². The summed E-state index contributed by atoms with van der Waals surface area (Å²) in [6, 6.07) is 0. The summed E-state index contributed by atoms with van der Waals surface area (Å²) in [4.78, 5) is 12.3. The molecule has 1 aromatic rings. The predicted molar refractivity (Wildman–Crippen MR) is 72.2 cm³/mol. The lowest BCUT2D eigenvalue weighted by Gasteiger charge is -2.27. The molecule has 1 saturated heterocycles. The molecule has 0 aliphatic carbocycles. The first-order chi connectivity index (χ1) is 8.29. The Labute approximate surface area is 107 Å². The van der Waals surface area contributed by atoms with Crippen LogP contribution in [0.5, 0.6) is 0 Å². The van der Waals surface area contributed by atoms with E-state index in [9.17, 15) is 0 Å². The van der Waals surface area contributed by atoms with Gasteiger partial charge >= 0.3 is 0 Å². The van der Waals surface area contributed by atoms with Crippen molar-refractivity contribution in [2.45, 2.75) is 39.2 Å². The number of nitrogens with zero attached hydrogens (tertiary/aromatic N) is 3. The van der Waals surface area contributed by atoms with Gasteiger partial charge in [-0.3, -0.25) is 0 Å². The van der Waals surface area contributed by atoms with Crippen LogP contribution in [-0.4, -0.2) is 28.9 Å². The number of guanidine groups is 1. The Morgan fingerprint density at radius 1 is 1.47 bits per heavy atom. The molecule has 2 rings (SSSR count). The van der Waals surface area contributed by atoms with Crippen LogP contribution in [-0.2, 0) is 13.0 Å². The lowest BCUT2D eigenvalue weighted by molar-refractivity contribution is 0.338. The number of likely N-dealkylation sites (tertiary alicyclic amines) is 1. The van der Waals surface area contributed by atoms with E-state index in [0.717, 1.165) is 24.5 Å². The Kier molecular flexibility index (Phi) is 4.36. The zero-order chi connectivity index (χ0) is 12.1. The molecule has 2 heterocycles. The Morgan fingerprint density at radius 2 is 2.24 bits per heavy atom. The van der Waals surface area contributed by atoms with E-state index < -0.39 is 0 Å². The number of hydrogen-bond donors (Lipinski definition) is 1. The largest absolute Gasteiger partial charge is 0.370 e. The number of aliphatic imine (C=N–C) groups is 1. The molecular weight excluding hydrogens is 232 g/mol. The molecule has 0 spiro atoms. The highest BCUT2D eigenvalue weighted by atomic mass is 32.1. The van der Waals surface area contributed by atoms with Crippen LogP contribution in [0.25, 0.3) is 0 Å². The molecule has 1 aliphatic rings.